The average Bonchev–Trinajstić information content (AvgIpc) is 3.00. The van der Waals surface area contributed by atoms with Gasteiger partial charge in [0.05, 0.1) is 12.2 Å². The minimum absolute atomic E-state index is 0.0182. The van der Waals surface area contributed by atoms with Gasteiger partial charge < -0.3 is 10.2 Å². The molecule has 0 aromatic carbocycles. The quantitative estimate of drug-likeness (QED) is 0.785. The fourth-order valence-electron chi connectivity index (χ4n) is 5.40. The largest absolute Gasteiger partial charge is 0.393 e. The molecule has 0 aromatic rings. The topological polar surface area (TPSA) is 57.5 Å². The van der Waals surface area contributed by atoms with E-state index in [9.17, 15) is 15.0 Å². The zero-order valence-electron chi connectivity index (χ0n) is 13.9. The molecule has 3 aliphatic rings. The fourth-order valence-corrected chi connectivity index (χ4v) is 5.40. The van der Waals surface area contributed by atoms with Crippen LogP contribution in [0.2, 0.25) is 0 Å². The lowest BCUT2D eigenvalue weighted by molar-refractivity contribution is -0.170. The number of Topliss-reactive ketones (excluding diaryl/α,β-unsaturated/α-hetero) is 1. The van der Waals surface area contributed by atoms with E-state index in [1.54, 1.807) is 0 Å². The molecule has 3 heteroatoms. The molecule has 0 spiro atoms. The van der Waals surface area contributed by atoms with Gasteiger partial charge in [0.25, 0.3) is 0 Å². The molecule has 0 radical (unpaired) electrons. The van der Waals surface area contributed by atoms with Gasteiger partial charge in [0.1, 0.15) is 5.78 Å². The van der Waals surface area contributed by atoms with Crippen LogP contribution in [-0.4, -0.2) is 28.2 Å². The van der Waals surface area contributed by atoms with Crippen LogP contribution in [0.15, 0.2) is 12.2 Å². The van der Waals surface area contributed by atoms with E-state index in [1.165, 1.54) is 25.7 Å². The fraction of sp³-hybridized carbons (Fsp3) is 0.842. The van der Waals surface area contributed by atoms with Crippen molar-refractivity contribution in [3.05, 3.63) is 12.2 Å². The van der Waals surface area contributed by atoms with E-state index >= 15 is 0 Å². The molecule has 0 saturated heterocycles. The Morgan fingerprint density at radius 3 is 2.68 bits per heavy atom. The molecule has 22 heavy (non-hydrogen) atoms. The van der Waals surface area contributed by atoms with Gasteiger partial charge in [-0.3, -0.25) is 4.79 Å². The molecule has 2 N–H and O–H groups in total. The number of hydrogen-bond donors (Lipinski definition) is 2. The van der Waals surface area contributed by atoms with E-state index in [1.807, 2.05) is 19.1 Å². The van der Waals surface area contributed by atoms with Gasteiger partial charge in [-0.15, -0.1) is 0 Å². The van der Waals surface area contributed by atoms with Crippen molar-refractivity contribution in [3.8, 4) is 0 Å². The smallest absolute Gasteiger partial charge is 0.142 e. The second-order valence-electron chi connectivity index (χ2n) is 8.12. The Bertz CT molecular complexity index is 452. The molecule has 124 valence electrons. The van der Waals surface area contributed by atoms with Crippen molar-refractivity contribution in [3.63, 3.8) is 0 Å². The molecule has 3 saturated carbocycles. The Hall–Kier alpha value is -0.670. The molecule has 3 aliphatic carbocycles. The summed E-state index contributed by atoms with van der Waals surface area (Å²) in [6.07, 6.45) is 10.5. The van der Waals surface area contributed by atoms with Crippen LogP contribution in [-0.2, 0) is 4.79 Å². The summed E-state index contributed by atoms with van der Waals surface area (Å²) >= 11 is 0. The zero-order chi connectivity index (χ0) is 15.9. The van der Waals surface area contributed by atoms with E-state index in [-0.39, 0.29) is 29.3 Å². The number of rotatable bonds is 4. The second kappa shape index (κ2) is 6.09. The second-order valence-corrected chi connectivity index (χ2v) is 8.12. The first kappa shape index (κ1) is 16.2. The minimum atomic E-state index is -0.408. The number of fused-ring (bicyclic) bond motifs is 1. The zero-order valence-corrected chi connectivity index (χ0v) is 13.9. The Labute approximate surface area is 133 Å². The lowest BCUT2D eigenvalue weighted by Gasteiger charge is -2.57. The lowest BCUT2D eigenvalue weighted by Crippen LogP contribution is -2.62. The normalized spacial score (nSPS) is 44.1. The summed E-state index contributed by atoms with van der Waals surface area (Å²) in [5.74, 6) is 1.31. The molecule has 0 aliphatic heterocycles. The van der Waals surface area contributed by atoms with Gasteiger partial charge in [-0.2, -0.15) is 0 Å². The van der Waals surface area contributed by atoms with E-state index in [0.717, 1.165) is 12.8 Å². The van der Waals surface area contributed by atoms with Crippen LogP contribution in [0.25, 0.3) is 0 Å². The van der Waals surface area contributed by atoms with Crippen molar-refractivity contribution in [1.29, 1.82) is 0 Å². The predicted molar refractivity (Wildman–Crippen MR) is 86.2 cm³/mol. The molecule has 0 heterocycles. The lowest BCUT2D eigenvalue weighted by atomic mass is 9.45. The van der Waals surface area contributed by atoms with Crippen LogP contribution in [0.5, 0.6) is 0 Å². The Morgan fingerprint density at radius 1 is 1.32 bits per heavy atom. The Morgan fingerprint density at radius 2 is 2.00 bits per heavy atom. The third-order valence-corrected chi connectivity index (χ3v) is 6.67. The third kappa shape index (κ3) is 2.67. The molecule has 1 unspecified atom stereocenters. The summed E-state index contributed by atoms with van der Waals surface area (Å²) in [4.78, 5) is 12.2. The van der Waals surface area contributed by atoms with Gasteiger partial charge in [-0.25, -0.2) is 0 Å². The predicted octanol–water partition coefficient (Wildman–Crippen LogP) is 3.10. The van der Waals surface area contributed by atoms with Gasteiger partial charge in [0, 0.05) is 17.3 Å². The summed E-state index contributed by atoms with van der Waals surface area (Å²) in [7, 11) is 0. The minimum Gasteiger partial charge on any atom is -0.393 e. The average molecular weight is 306 g/mol. The summed E-state index contributed by atoms with van der Waals surface area (Å²) < 4.78 is 0. The Balaban J connectivity index is 1.64. The summed E-state index contributed by atoms with van der Waals surface area (Å²) in [5, 5.41) is 20.6. The molecule has 0 aromatic heterocycles. The van der Waals surface area contributed by atoms with Crippen LogP contribution in [0.1, 0.15) is 58.8 Å². The van der Waals surface area contributed by atoms with Crippen molar-refractivity contribution in [2.75, 3.05) is 0 Å². The highest BCUT2D eigenvalue weighted by molar-refractivity contribution is 5.93. The summed E-state index contributed by atoms with van der Waals surface area (Å²) in [6, 6.07) is 0. The van der Waals surface area contributed by atoms with Crippen LogP contribution in [0.4, 0.5) is 0 Å². The van der Waals surface area contributed by atoms with Crippen LogP contribution >= 0.6 is 0 Å². The molecular formula is C19H30O3. The molecule has 3 nitrogen and oxygen atoms in total. The summed E-state index contributed by atoms with van der Waals surface area (Å²) in [5.41, 5.74) is -0.246. The SMILES string of the molecule is CC1C(=O)[C@]2(C)CC[C@H](O)[C@@H](C=C[C@@H](O)CC3CCCC3)[C@H]12. The third-order valence-electron chi connectivity index (χ3n) is 6.67. The maximum Gasteiger partial charge on any atom is 0.142 e. The van der Waals surface area contributed by atoms with Crippen LogP contribution in [0.3, 0.4) is 0 Å². The maximum atomic E-state index is 12.2. The van der Waals surface area contributed by atoms with Gasteiger partial charge in [-0.05, 0) is 31.1 Å². The van der Waals surface area contributed by atoms with Crippen molar-refractivity contribution in [1.82, 2.24) is 0 Å². The highest BCUT2D eigenvalue weighted by Crippen LogP contribution is 2.58. The van der Waals surface area contributed by atoms with Gasteiger partial charge in [0.2, 0.25) is 0 Å². The van der Waals surface area contributed by atoms with E-state index in [2.05, 4.69) is 6.92 Å². The summed E-state index contributed by atoms with van der Waals surface area (Å²) in [6.45, 7) is 4.05. The van der Waals surface area contributed by atoms with Crippen molar-refractivity contribution in [2.45, 2.75) is 71.0 Å². The molecular weight excluding hydrogens is 276 g/mol. The standard InChI is InChI=1S/C19H30O3/c1-12-17-15(16(21)9-10-19(17,2)18(12)22)8-7-14(20)11-13-5-3-4-6-13/h7-8,12-17,20-21H,3-6,9-11H2,1-2H3/t12?,14-,15-,16+,17+,19-/m1/s1. The van der Waals surface area contributed by atoms with Crippen molar-refractivity contribution >= 4 is 5.78 Å². The number of aliphatic hydroxyl groups is 2. The highest BCUT2D eigenvalue weighted by Gasteiger charge is 2.61. The van der Waals surface area contributed by atoms with E-state index < -0.39 is 6.10 Å². The monoisotopic (exact) mass is 306 g/mol. The van der Waals surface area contributed by atoms with Gasteiger partial charge >= 0.3 is 0 Å². The number of carbonyl (C=O) groups is 1. The van der Waals surface area contributed by atoms with Crippen molar-refractivity contribution in [2.24, 2.45) is 29.1 Å². The molecule has 3 rings (SSSR count). The van der Waals surface area contributed by atoms with Crippen molar-refractivity contribution < 1.29 is 15.0 Å². The molecule has 0 amide bonds. The van der Waals surface area contributed by atoms with Crippen LogP contribution in [0, 0.1) is 29.1 Å². The van der Waals surface area contributed by atoms with E-state index in [4.69, 9.17) is 0 Å². The first-order chi connectivity index (χ1) is 10.4. The maximum absolute atomic E-state index is 12.2. The first-order valence-corrected chi connectivity index (χ1v) is 9.02. The molecule has 0 bridgehead atoms. The number of aliphatic hydroxyl groups excluding tert-OH is 2. The van der Waals surface area contributed by atoms with Crippen LogP contribution < -0.4 is 0 Å². The van der Waals surface area contributed by atoms with Gasteiger partial charge in [0.15, 0.2) is 0 Å². The molecule has 6 atom stereocenters. The number of carbonyl (C=O) groups excluding carboxylic acids is 1. The first-order valence-electron chi connectivity index (χ1n) is 9.02. The number of hydrogen-bond acceptors (Lipinski definition) is 3. The highest BCUT2D eigenvalue weighted by atomic mass is 16.3. The van der Waals surface area contributed by atoms with E-state index in [0.29, 0.717) is 18.1 Å². The van der Waals surface area contributed by atoms with Gasteiger partial charge in [-0.1, -0.05) is 51.7 Å². The number of ketones is 1. The Kier molecular flexibility index (Phi) is 4.48. The molecule has 3 fully saturated rings.